The van der Waals surface area contributed by atoms with Crippen LogP contribution in [0, 0.1) is 0 Å². The van der Waals surface area contributed by atoms with E-state index in [1.54, 1.807) is 20.3 Å². The Hall–Kier alpha value is -1.62. The summed E-state index contributed by atoms with van der Waals surface area (Å²) in [6.45, 7) is 4.90. The molecule has 0 aliphatic heterocycles. The molecule has 0 aromatic heterocycles. The molecule has 3 N–H and O–H groups in total. The first-order chi connectivity index (χ1) is 9.62. The number of rotatable bonds is 8. The third kappa shape index (κ3) is 3.48. The first-order valence-corrected chi connectivity index (χ1v) is 7.01. The van der Waals surface area contributed by atoms with Gasteiger partial charge in [-0.05, 0) is 12.8 Å². The van der Waals surface area contributed by atoms with Gasteiger partial charge < -0.3 is 25.2 Å². The molecule has 0 spiro atoms. The van der Waals surface area contributed by atoms with Crippen molar-refractivity contribution in [2.45, 2.75) is 32.7 Å². The lowest BCUT2D eigenvalue weighted by molar-refractivity contribution is 0.296. The second kappa shape index (κ2) is 7.85. The maximum Gasteiger partial charge on any atom is 0.162 e. The fourth-order valence-electron chi connectivity index (χ4n) is 2.47. The van der Waals surface area contributed by atoms with Gasteiger partial charge in [0.2, 0.25) is 0 Å². The van der Waals surface area contributed by atoms with E-state index in [2.05, 4.69) is 18.7 Å². The number of benzene rings is 1. The Morgan fingerprint density at radius 3 is 2.15 bits per heavy atom. The van der Waals surface area contributed by atoms with E-state index < -0.39 is 0 Å². The standard InChI is InChI=1S/C15H26N2O3/c1-5-11(6-2)17(7-8-18)13-10-15(20-4)14(19-3)9-12(13)16/h9-11,18H,5-8,16H2,1-4H3. The predicted molar refractivity (Wildman–Crippen MR) is 82.8 cm³/mol. The van der Waals surface area contributed by atoms with Gasteiger partial charge in [-0.1, -0.05) is 13.8 Å². The summed E-state index contributed by atoms with van der Waals surface area (Å²) in [6, 6.07) is 3.98. The smallest absolute Gasteiger partial charge is 0.162 e. The highest BCUT2D eigenvalue weighted by molar-refractivity contribution is 5.73. The number of nitrogens with two attached hydrogens (primary N) is 1. The van der Waals surface area contributed by atoms with Crippen LogP contribution in [0.25, 0.3) is 0 Å². The molecule has 1 rings (SSSR count). The molecule has 0 saturated heterocycles. The molecular weight excluding hydrogens is 256 g/mol. The number of nitrogen functional groups attached to an aromatic ring is 1. The Bertz CT molecular complexity index is 420. The van der Waals surface area contributed by atoms with Gasteiger partial charge in [0.05, 0.1) is 32.2 Å². The molecule has 5 heteroatoms. The van der Waals surface area contributed by atoms with Gasteiger partial charge in [0.25, 0.3) is 0 Å². The first-order valence-electron chi connectivity index (χ1n) is 7.01. The molecule has 0 atom stereocenters. The van der Waals surface area contributed by atoms with Gasteiger partial charge in [-0.3, -0.25) is 0 Å². The molecule has 0 radical (unpaired) electrons. The molecular formula is C15H26N2O3. The number of hydrogen-bond donors (Lipinski definition) is 2. The van der Waals surface area contributed by atoms with Gasteiger partial charge in [0, 0.05) is 24.7 Å². The monoisotopic (exact) mass is 282 g/mol. The number of ether oxygens (including phenoxy) is 2. The molecule has 0 fully saturated rings. The largest absolute Gasteiger partial charge is 0.493 e. The Morgan fingerprint density at radius 1 is 1.15 bits per heavy atom. The lowest BCUT2D eigenvalue weighted by atomic mass is 10.1. The molecule has 0 bridgehead atoms. The number of methoxy groups -OCH3 is 2. The van der Waals surface area contributed by atoms with Gasteiger partial charge in [-0.15, -0.1) is 0 Å². The summed E-state index contributed by atoms with van der Waals surface area (Å²) in [5, 5.41) is 9.32. The zero-order valence-electron chi connectivity index (χ0n) is 12.8. The van der Waals surface area contributed by atoms with Crippen molar-refractivity contribution in [2.75, 3.05) is 38.0 Å². The van der Waals surface area contributed by atoms with Crippen LogP contribution < -0.4 is 20.1 Å². The van der Waals surface area contributed by atoms with Gasteiger partial charge >= 0.3 is 0 Å². The fraction of sp³-hybridized carbons (Fsp3) is 0.600. The topological polar surface area (TPSA) is 68.0 Å². The minimum Gasteiger partial charge on any atom is -0.493 e. The second-order valence-electron chi connectivity index (χ2n) is 4.65. The highest BCUT2D eigenvalue weighted by atomic mass is 16.5. The number of anilines is 2. The van der Waals surface area contributed by atoms with Gasteiger partial charge in [0.1, 0.15) is 0 Å². The zero-order chi connectivity index (χ0) is 15.1. The third-order valence-electron chi connectivity index (χ3n) is 3.57. The third-order valence-corrected chi connectivity index (χ3v) is 3.57. The molecule has 0 heterocycles. The van der Waals surface area contributed by atoms with Gasteiger partial charge in [-0.2, -0.15) is 0 Å². The molecule has 114 valence electrons. The number of hydrogen-bond acceptors (Lipinski definition) is 5. The Kier molecular flexibility index (Phi) is 6.45. The molecule has 20 heavy (non-hydrogen) atoms. The summed E-state index contributed by atoms with van der Waals surface area (Å²) in [4.78, 5) is 2.14. The van der Waals surface area contributed by atoms with Crippen LogP contribution in [0.5, 0.6) is 11.5 Å². The molecule has 0 amide bonds. The molecule has 0 saturated carbocycles. The Labute approximate surface area is 121 Å². The van der Waals surface area contributed by atoms with Crippen LogP contribution in [0.4, 0.5) is 11.4 Å². The molecule has 1 aromatic carbocycles. The van der Waals surface area contributed by atoms with E-state index in [-0.39, 0.29) is 6.61 Å². The van der Waals surface area contributed by atoms with E-state index >= 15 is 0 Å². The first kappa shape index (κ1) is 16.4. The molecule has 0 aliphatic carbocycles. The van der Waals surface area contributed by atoms with Crippen LogP contribution in [-0.4, -0.2) is 38.5 Å². The number of aliphatic hydroxyl groups excluding tert-OH is 1. The maximum absolute atomic E-state index is 9.32. The van der Waals surface area contributed by atoms with Crippen LogP contribution in [0.3, 0.4) is 0 Å². The quantitative estimate of drug-likeness (QED) is 0.716. The van der Waals surface area contributed by atoms with E-state index in [0.717, 1.165) is 18.5 Å². The molecule has 1 aromatic rings. The predicted octanol–water partition coefficient (Wildman–Crippen LogP) is 2.27. The van der Waals surface area contributed by atoms with Crippen molar-refractivity contribution in [2.24, 2.45) is 0 Å². The van der Waals surface area contributed by atoms with Crippen LogP contribution in [-0.2, 0) is 0 Å². The van der Waals surface area contributed by atoms with E-state index in [4.69, 9.17) is 15.2 Å². The summed E-state index contributed by atoms with van der Waals surface area (Å²) in [6.07, 6.45) is 1.98. The summed E-state index contributed by atoms with van der Waals surface area (Å²) >= 11 is 0. The van der Waals surface area contributed by atoms with E-state index in [1.165, 1.54) is 0 Å². The van der Waals surface area contributed by atoms with Crippen molar-refractivity contribution in [1.29, 1.82) is 0 Å². The van der Waals surface area contributed by atoms with Crippen LogP contribution in [0.1, 0.15) is 26.7 Å². The Morgan fingerprint density at radius 2 is 1.70 bits per heavy atom. The fourth-order valence-corrected chi connectivity index (χ4v) is 2.47. The van der Waals surface area contributed by atoms with E-state index in [9.17, 15) is 5.11 Å². The van der Waals surface area contributed by atoms with Crippen LogP contribution >= 0.6 is 0 Å². The summed E-state index contributed by atoms with van der Waals surface area (Å²) in [5.41, 5.74) is 7.65. The van der Waals surface area contributed by atoms with E-state index in [1.807, 2.05) is 6.07 Å². The molecule has 5 nitrogen and oxygen atoms in total. The van der Waals surface area contributed by atoms with Crippen molar-refractivity contribution in [3.8, 4) is 11.5 Å². The normalized spacial score (nSPS) is 10.7. The summed E-state index contributed by atoms with van der Waals surface area (Å²) < 4.78 is 10.6. The minimum atomic E-state index is 0.0876. The van der Waals surface area contributed by atoms with Crippen LogP contribution in [0.15, 0.2) is 12.1 Å². The SMILES string of the molecule is CCC(CC)N(CCO)c1cc(OC)c(OC)cc1N. The van der Waals surface area contributed by atoms with Crippen molar-refractivity contribution in [1.82, 2.24) is 0 Å². The second-order valence-corrected chi connectivity index (χ2v) is 4.65. The molecule has 0 aliphatic rings. The average Bonchev–Trinajstić information content (AvgIpc) is 2.47. The highest BCUT2D eigenvalue weighted by Gasteiger charge is 2.20. The number of nitrogens with zero attached hydrogens (tertiary/aromatic N) is 1. The maximum atomic E-state index is 9.32. The number of aliphatic hydroxyl groups is 1. The van der Waals surface area contributed by atoms with Gasteiger partial charge in [-0.25, -0.2) is 0 Å². The minimum absolute atomic E-state index is 0.0876. The van der Waals surface area contributed by atoms with Crippen molar-refractivity contribution >= 4 is 11.4 Å². The van der Waals surface area contributed by atoms with Crippen LogP contribution in [0.2, 0.25) is 0 Å². The van der Waals surface area contributed by atoms with Crippen molar-refractivity contribution < 1.29 is 14.6 Å². The molecule has 0 unspecified atom stereocenters. The van der Waals surface area contributed by atoms with E-state index in [0.29, 0.717) is 29.8 Å². The summed E-state index contributed by atoms with van der Waals surface area (Å²) in [7, 11) is 3.19. The zero-order valence-corrected chi connectivity index (χ0v) is 12.8. The lowest BCUT2D eigenvalue weighted by Crippen LogP contribution is -2.37. The van der Waals surface area contributed by atoms with Gasteiger partial charge in [0.15, 0.2) is 11.5 Å². The summed E-state index contributed by atoms with van der Waals surface area (Å²) in [5.74, 6) is 1.26. The highest BCUT2D eigenvalue weighted by Crippen LogP contribution is 2.37. The van der Waals surface area contributed by atoms with Crippen molar-refractivity contribution in [3.05, 3.63) is 12.1 Å². The average molecular weight is 282 g/mol. The van der Waals surface area contributed by atoms with Crippen molar-refractivity contribution in [3.63, 3.8) is 0 Å². The Balaban J connectivity index is 3.25. The lowest BCUT2D eigenvalue weighted by Gasteiger charge is -2.33.